The van der Waals surface area contributed by atoms with Gasteiger partial charge in [0.25, 0.3) is 0 Å². The van der Waals surface area contributed by atoms with Crippen molar-refractivity contribution in [3.8, 4) is 0 Å². The molecule has 0 amide bonds. The summed E-state index contributed by atoms with van der Waals surface area (Å²) in [5.41, 5.74) is 4.92. The Kier molecular flexibility index (Phi) is 4.35. The minimum atomic E-state index is -0.780. The van der Waals surface area contributed by atoms with Gasteiger partial charge in [0.1, 0.15) is 12.4 Å². The van der Waals surface area contributed by atoms with E-state index in [-0.39, 0.29) is 18.2 Å². The molecule has 9 heteroatoms. The summed E-state index contributed by atoms with van der Waals surface area (Å²) in [7, 11) is 0. The summed E-state index contributed by atoms with van der Waals surface area (Å²) < 4.78 is 4.76. The first-order chi connectivity index (χ1) is 8.47. The molecule has 0 radical (unpaired) electrons. The maximum absolute atomic E-state index is 11.4. The number of hydrogen-bond acceptors (Lipinski definition) is 8. The summed E-state index contributed by atoms with van der Waals surface area (Å²) in [6.07, 6.45) is 1.07. The molecular weight excluding hydrogens is 242 g/mol. The lowest BCUT2D eigenvalue weighted by atomic mass is 10.3. The number of nitrogens with two attached hydrogens (primary N) is 1. The number of hydrogen-bond donors (Lipinski definition) is 2. The van der Waals surface area contributed by atoms with Crippen molar-refractivity contribution < 1.29 is 14.5 Å². The minimum absolute atomic E-state index is 0.118. The van der Waals surface area contributed by atoms with Crippen molar-refractivity contribution in [1.29, 1.82) is 0 Å². The number of nitro groups is 1. The highest BCUT2D eigenvalue weighted by molar-refractivity contribution is 5.80. The normalized spacial score (nSPS) is 11.7. The Balaban J connectivity index is 2.94. The predicted octanol–water partition coefficient (Wildman–Crippen LogP) is 0.330. The van der Waals surface area contributed by atoms with Crippen molar-refractivity contribution in [3.63, 3.8) is 0 Å². The number of esters is 1. The zero-order chi connectivity index (χ0) is 13.7. The lowest BCUT2D eigenvalue weighted by Crippen LogP contribution is -2.29. The first kappa shape index (κ1) is 13.6. The molecule has 0 aliphatic carbocycles. The first-order valence-corrected chi connectivity index (χ1v) is 5.15. The van der Waals surface area contributed by atoms with Crippen molar-refractivity contribution in [2.45, 2.75) is 19.9 Å². The molecule has 98 valence electrons. The van der Waals surface area contributed by atoms with Crippen molar-refractivity contribution in [2.75, 3.05) is 17.7 Å². The number of nitrogen functional groups attached to an aromatic ring is 1. The van der Waals surface area contributed by atoms with E-state index < -0.39 is 22.6 Å². The van der Waals surface area contributed by atoms with Gasteiger partial charge >= 0.3 is 11.7 Å². The number of anilines is 2. The fourth-order valence-corrected chi connectivity index (χ4v) is 1.21. The molecule has 0 saturated heterocycles. The zero-order valence-electron chi connectivity index (χ0n) is 9.91. The minimum Gasteiger partial charge on any atom is -0.464 e. The van der Waals surface area contributed by atoms with E-state index >= 15 is 0 Å². The van der Waals surface area contributed by atoms with Crippen LogP contribution in [0.4, 0.5) is 17.3 Å². The van der Waals surface area contributed by atoms with Gasteiger partial charge in [-0.15, -0.1) is 0 Å². The average Bonchev–Trinajstić information content (AvgIpc) is 2.28. The molecule has 0 fully saturated rings. The predicted molar refractivity (Wildman–Crippen MR) is 62.8 cm³/mol. The standard InChI is InChI=1S/C9H13N5O4/c1-3-18-9(15)5(2)13-8-6(14(16)17)7(10)11-4-12-8/h4-5H,3H2,1-2H3,(H3,10,11,12,13). The smallest absolute Gasteiger partial charge is 0.353 e. The summed E-state index contributed by atoms with van der Waals surface area (Å²) in [6.45, 7) is 3.38. The Morgan fingerprint density at radius 2 is 2.33 bits per heavy atom. The molecule has 1 rings (SSSR count). The zero-order valence-corrected chi connectivity index (χ0v) is 9.91. The molecule has 1 aromatic rings. The van der Waals surface area contributed by atoms with Crippen LogP contribution in [0.3, 0.4) is 0 Å². The molecule has 0 aromatic carbocycles. The molecule has 1 atom stereocenters. The molecule has 0 saturated carbocycles. The van der Waals surface area contributed by atoms with Gasteiger partial charge in [-0.2, -0.15) is 0 Å². The SMILES string of the molecule is CCOC(=O)C(C)Nc1ncnc(N)c1[N+](=O)[O-]. The fourth-order valence-electron chi connectivity index (χ4n) is 1.21. The fraction of sp³-hybridized carbons (Fsp3) is 0.444. The van der Waals surface area contributed by atoms with E-state index in [1.54, 1.807) is 6.92 Å². The molecule has 0 bridgehead atoms. The molecule has 3 N–H and O–H groups in total. The van der Waals surface area contributed by atoms with Crippen LogP contribution in [0.15, 0.2) is 6.33 Å². The average molecular weight is 255 g/mol. The number of nitrogens with zero attached hydrogens (tertiary/aromatic N) is 3. The highest BCUT2D eigenvalue weighted by Crippen LogP contribution is 2.26. The highest BCUT2D eigenvalue weighted by atomic mass is 16.6. The largest absolute Gasteiger partial charge is 0.464 e. The van der Waals surface area contributed by atoms with Crippen LogP contribution in [0.25, 0.3) is 0 Å². The van der Waals surface area contributed by atoms with E-state index in [9.17, 15) is 14.9 Å². The number of ether oxygens (including phenoxy) is 1. The Morgan fingerprint density at radius 1 is 1.67 bits per heavy atom. The molecule has 1 unspecified atom stereocenters. The third-order valence-corrected chi connectivity index (χ3v) is 2.03. The van der Waals surface area contributed by atoms with Crippen molar-refractivity contribution in [1.82, 2.24) is 9.97 Å². The maximum atomic E-state index is 11.4. The van der Waals surface area contributed by atoms with Crippen LogP contribution in [0.1, 0.15) is 13.8 Å². The summed E-state index contributed by atoms with van der Waals surface area (Å²) in [5, 5.41) is 13.4. The van der Waals surface area contributed by atoms with Crippen LogP contribution in [0, 0.1) is 10.1 Å². The lowest BCUT2D eigenvalue weighted by molar-refractivity contribution is -0.383. The van der Waals surface area contributed by atoms with Crippen molar-refractivity contribution in [2.24, 2.45) is 0 Å². The van der Waals surface area contributed by atoms with E-state index in [0.717, 1.165) is 6.33 Å². The van der Waals surface area contributed by atoms with E-state index in [2.05, 4.69) is 15.3 Å². The van der Waals surface area contributed by atoms with Crippen molar-refractivity contribution >= 4 is 23.3 Å². The molecule has 1 heterocycles. The molecule has 0 aliphatic heterocycles. The van der Waals surface area contributed by atoms with Crippen molar-refractivity contribution in [3.05, 3.63) is 16.4 Å². The summed E-state index contributed by atoms with van der Waals surface area (Å²) >= 11 is 0. The molecule has 0 spiro atoms. The van der Waals surface area contributed by atoms with Gasteiger partial charge in [-0.05, 0) is 13.8 Å². The van der Waals surface area contributed by atoms with Crippen LogP contribution in [-0.4, -0.2) is 33.5 Å². The molecular formula is C9H13N5O4. The van der Waals surface area contributed by atoms with Gasteiger partial charge in [-0.25, -0.2) is 14.8 Å². The summed E-state index contributed by atoms with van der Waals surface area (Å²) in [4.78, 5) is 28.7. The molecule has 9 nitrogen and oxygen atoms in total. The van der Waals surface area contributed by atoms with Crippen LogP contribution < -0.4 is 11.1 Å². The van der Waals surface area contributed by atoms with Crippen LogP contribution in [-0.2, 0) is 9.53 Å². The Morgan fingerprint density at radius 3 is 2.89 bits per heavy atom. The second-order valence-corrected chi connectivity index (χ2v) is 3.33. The number of rotatable bonds is 5. The summed E-state index contributed by atoms with van der Waals surface area (Å²) in [6, 6.07) is -0.780. The molecule has 0 aliphatic rings. The quantitative estimate of drug-likeness (QED) is 0.436. The topological polar surface area (TPSA) is 133 Å². The molecule has 1 aromatic heterocycles. The monoisotopic (exact) mass is 255 g/mol. The second kappa shape index (κ2) is 5.75. The number of carbonyl (C=O) groups excluding carboxylic acids is 1. The Hall–Kier alpha value is -2.45. The molecule has 18 heavy (non-hydrogen) atoms. The lowest BCUT2D eigenvalue weighted by Gasteiger charge is -2.13. The highest BCUT2D eigenvalue weighted by Gasteiger charge is 2.24. The van der Waals surface area contributed by atoms with Gasteiger partial charge in [0.15, 0.2) is 0 Å². The van der Waals surface area contributed by atoms with Crippen LogP contribution in [0.2, 0.25) is 0 Å². The number of carbonyl (C=O) groups is 1. The van der Waals surface area contributed by atoms with E-state index in [1.165, 1.54) is 6.92 Å². The van der Waals surface area contributed by atoms with Crippen LogP contribution in [0.5, 0.6) is 0 Å². The van der Waals surface area contributed by atoms with Gasteiger partial charge < -0.3 is 15.8 Å². The first-order valence-electron chi connectivity index (χ1n) is 5.15. The van der Waals surface area contributed by atoms with E-state index in [4.69, 9.17) is 10.5 Å². The Bertz CT molecular complexity index is 464. The Labute approximate surface area is 103 Å². The van der Waals surface area contributed by atoms with Gasteiger partial charge in [0.05, 0.1) is 11.5 Å². The number of aromatic nitrogens is 2. The second-order valence-electron chi connectivity index (χ2n) is 3.33. The van der Waals surface area contributed by atoms with E-state index in [1.807, 2.05) is 0 Å². The third-order valence-electron chi connectivity index (χ3n) is 2.03. The van der Waals surface area contributed by atoms with Gasteiger partial charge in [0, 0.05) is 0 Å². The van der Waals surface area contributed by atoms with Gasteiger partial charge in [-0.3, -0.25) is 10.1 Å². The maximum Gasteiger partial charge on any atom is 0.353 e. The van der Waals surface area contributed by atoms with Crippen LogP contribution >= 0.6 is 0 Å². The third kappa shape index (κ3) is 3.03. The van der Waals surface area contributed by atoms with Gasteiger partial charge in [-0.1, -0.05) is 0 Å². The van der Waals surface area contributed by atoms with Gasteiger partial charge in [0.2, 0.25) is 11.6 Å². The van der Waals surface area contributed by atoms with E-state index in [0.29, 0.717) is 0 Å². The number of nitrogens with one attached hydrogen (secondary N) is 1. The summed E-state index contributed by atoms with van der Waals surface area (Å²) in [5.74, 6) is -0.925.